The first-order valence-electron chi connectivity index (χ1n) is 14.3. The fourth-order valence-corrected chi connectivity index (χ4v) is 5.95. The fourth-order valence-electron chi connectivity index (χ4n) is 5.95. The van der Waals surface area contributed by atoms with Crippen LogP contribution in [0.2, 0.25) is 0 Å². The number of rotatable bonds is 6. The smallest absolute Gasteiger partial charge is 0.353 e. The van der Waals surface area contributed by atoms with Crippen molar-refractivity contribution in [2.45, 2.75) is 45.1 Å². The molecule has 1 unspecified atom stereocenters. The van der Waals surface area contributed by atoms with Gasteiger partial charge in [0, 0.05) is 45.3 Å². The normalized spacial score (nSPS) is 17.7. The van der Waals surface area contributed by atoms with E-state index < -0.39 is 35.6 Å². The Morgan fingerprint density at radius 3 is 2.45 bits per heavy atom. The van der Waals surface area contributed by atoms with Crippen molar-refractivity contribution in [3.05, 3.63) is 76.7 Å². The number of aryl methyl sites for hydroxylation is 1. The molecule has 3 heterocycles. The van der Waals surface area contributed by atoms with E-state index in [0.717, 1.165) is 18.7 Å². The lowest BCUT2D eigenvalue weighted by Gasteiger charge is -2.43. The van der Waals surface area contributed by atoms with Crippen molar-refractivity contribution >= 4 is 23.3 Å². The molecule has 7 nitrogen and oxygen atoms in total. The van der Waals surface area contributed by atoms with Crippen molar-refractivity contribution in [2.75, 3.05) is 49.6 Å². The number of amides is 2. The summed E-state index contributed by atoms with van der Waals surface area (Å²) in [6.45, 7) is 6.65. The lowest BCUT2D eigenvalue weighted by Crippen LogP contribution is -2.64. The Labute approximate surface area is 252 Å². The van der Waals surface area contributed by atoms with Gasteiger partial charge in [-0.05, 0) is 73.4 Å². The van der Waals surface area contributed by atoms with Crippen LogP contribution >= 0.6 is 0 Å². The van der Waals surface area contributed by atoms with E-state index in [-0.39, 0.29) is 23.1 Å². The van der Waals surface area contributed by atoms with Crippen LogP contribution < -0.4 is 15.1 Å². The number of anilines is 2. The molecule has 2 aliphatic rings. The van der Waals surface area contributed by atoms with Gasteiger partial charge in [-0.1, -0.05) is 12.1 Å². The van der Waals surface area contributed by atoms with Gasteiger partial charge < -0.3 is 15.1 Å². The van der Waals surface area contributed by atoms with Crippen LogP contribution in [-0.4, -0.2) is 67.5 Å². The minimum Gasteiger partial charge on any atom is -0.353 e. The molecule has 12 heteroatoms. The minimum atomic E-state index is -4.72. The van der Waals surface area contributed by atoms with E-state index in [1.165, 1.54) is 50.2 Å². The summed E-state index contributed by atoms with van der Waals surface area (Å²) in [7, 11) is 1.50. The maximum Gasteiger partial charge on any atom is 0.416 e. The number of fused-ring (bicyclic) bond motifs is 1. The number of halogens is 5. The van der Waals surface area contributed by atoms with Crippen LogP contribution in [0.3, 0.4) is 0 Å². The molecule has 1 atom stereocenters. The van der Waals surface area contributed by atoms with Gasteiger partial charge in [0.25, 0.3) is 0 Å². The average molecular weight is 616 g/mol. The highest BCUT2D eigenvalue weighted by Crippen LogP contribution is 2.39. The zero-order valence-corrected chi connectivity index (χ0v) is 24.9. The quantitative estimate of drug-likeness (QED) is 0.384. The summed E-state index contributed by atoms with van der Waals surface area (Å²) in [6.07, 6.45) is -3.21. The number of hydrogen-bond donors (Lipinski definition) is 1. The number of nitrogens with zero attached hydrogens (tertiary/aromatic N) is 4. The standard InChI is InChI=1S/C32H34F5N5O2/c1-19-11-23(34)5-6-24(19)25-15-28(42-10-9-41-8-7-38-29(43)27(41)18-42)39-17-26(25)40(4)30(44)31(2,3)21-12-20(16-33)13-22(14-21)32(35,36)37/h5-6,11-15,17,27H,7-10,16,18H2,1-4H3,(H,38,43). The van der Waals surface area contributed by atoms with Crippen molar-refractivity contribution in [3.63, 3.8) is 0 Å². The zero-order valence-electron chi connectivity index (χ0n) is 24.9. The number of alkyl halides is 4. The van der Waals surface area contributed by atoms with Crippen molar-refractivity contribution in [1.82, 2.24) is 15.2 Å². The van der Waals surface area contributed by atoms with Gasteiger partial charge in [0.2, 0.25) is 11.8 Å². The van der Waals surface area contributed by atoms with Crippen molar-refractivity contribution in [1.29, 1.82) is 0 Å². The number of piperazine rings is 2. The number of hydrogen-bond acceptors (Lipinski definition) is 5. The number of carbonyl (C=O) groups is 2. The molecule has 0 bridgehead atoms. The summed E-state index contributed by atoms with van der Waals surface area (Å²) in [4.78, 5) is 36.7. The summed E-state index contributed by atoms with van der Waals surface area (Å²) < 4.78 is 68.6. The molecule has 0 aliphatic carbocycles. The molecule has 5 rings (SSSR count). The van der Waals surface area contributed by atoms with Gasteiger partial charge >= 0.3 is 6.18 Å². The largest absolute Gasteiger partial charge is 0.416 e. The number of pyridine rings is 1. The average Bonchev–Trinajstić information content (AvgIpc) is 2.99. The predicted molar refractivity (Wildman–Crippen MR) is 158 cm³/mol. The Balaban J connectivity index is 1.55. The van der Waals surface area contributed by atoms with E-state index in [1.54, 1.807) is 19.1 Å². The van der Waals surface area contributed by atoms with Crippen LogP contribution in [0.1, 0.15) is 36.1 Å². The molecule has 0 saturated carbocycles. The molecule has 2 fully saturated rings. The minimum absolute atomic E-state index is 0.0181. The molecule has 234 valence electrons. The third-order valence-electron chi connectivity index (χ3n) is 8.56. The molecule has 44 heavy (non-hydrogen) atoms. The SMILES string of the molecule is Cc1cc(F)ccc1-c1cc(N2CCN3CCNC(=O)C3C2)ncc1N(C)C(=O)C(C)(C)c1cc(CF)cc(C(F)(F)F)c1. The van der Waals surface area contributed by atoms with E-state index >= 15 is 0 Å². The number of likely N-dealkylation sites (N-methyl/N-ethyl adjacent to an activating group) is 1. The van der Waals surface area contributed by atoms with E-state index in [1.807, 2.05) is 4.90 Å². The summed E-state index contributed by atoms with van der Waals surface area (Å²) in [6, 6.07) is 8.62. The van der Waals surface area contributed by atoms with Gasteiger partial charge in [-0.2, -0.15) is 13.2 Å². The number of carbonyl (C=O) groups excluding carboxylic acids is 2. The molecular formula is C32H34F5N5O2. The van der Waals surface area contributed by atoms with Gasteiger partial charge in [-0.3, -0.25) is 14.5 Å². The molecule has 3 aromatic rings. The van der Waals surface area contributed by atoms with Crippen LogP contribution in [-0.2, 0) is 27.9 Å². The summed E-state index contributed by atoms with van der Waals surface area (Å²) in [5.74, 6) is -0.466. The summed E-state index contributed by atoms with van der Waals surface area (Å²) >= 11 is 0. The van der Waals surface area contributed by atoms with Crippen LogP contribution in [0.15, 0.2) is 48.7 Å². The Hall–Kier alpha value is -4.06. The molecule has 2 saturated heterocycles. The molecule has 2 amide bonds. The summed E-state index contributed by atoms with van der Waals surface area (Å²) in [5.41, 5.74) is -0.537. The number of benzene rings is 2. The Morgan fingerprint density at radius 2 is 1.77 bits per heavy atom. The maximum absolute atomic E-state index is 14.1. The number of nitrogens with one attached hydrogen (secondary N) is 1. The van der Waals surface area contributed by atoms with Crippen molar-refractivity contribution in [3.8, 4) is 11.1 Å². The van der Waals surface area contributed by atoms with Gasteiger partial charge in [0.05, 0.1) is 22.9 Å². The first-order valence-corrected chi connectivity index (χ1v) is 14.3. The molecule has 2 aromatic carbocycles. The van der Waals surface area contributed by atoms with Crippen LogP contribution in [0.25, 0.3) is 11.1 Å². The van der Waals surface area contributed by atoms with Crippen LogP contribution in [0.5, 0.6) is 0 Å². The lowest BCUT2D eigenvalue weighted by molar-refractivity contribution is -0.138. The number of aromatic nitrogens is 1. The highest BCUT2D eigenvalue weighted by molar-refractivity contribution is 6.03. The first kappa shape index (κ1) is 31.4. The van der Waals surface area contributed by atoms with Crippen molar-refractivity contribution in [2.24, 2.45) is 0 Å². The molecular weight excluding hydrogens is 581 g/mol. The highest BCUT2D eigenvalue weighted by Gasteiger charge is 2.39. The summed E-state index contributed by atoms with van der Waals surface area (Å²) in [5, 5.41) is 2.90. The van der Waals surface area contributed by atoms with Gasteiger partial charge in [0.1, 0.15) is 24.4 Å². The fraction of sp³-hybridized carbons (Fsp3) is 0.406. The Kier molecular flexibility index (Phi) is 8.41. The van der Waals surface area contributed by atoms with Gasteiger partial charge in [-0.25, -0.2) is 13.8 Å². The second-order valence-corrected chi connectivity index (χ2v) is 11.8. The molecule has 1 N–H and O–H groups in total. The molecule has 0 spiro atoms. The second-order valence-electron chi connectivity index (χ2n) is 11.8. The zero-order chi connectivity index (χ0) is 32.0. The topological polar surface area (TPSA) is 68.8 Å². The van der Waals surface area contributed by atoms with E-state index in [9.17, 15) is 31.5 Å². The van der Waals surface area contributed by atoms with Gasteiger partial charge in [0.15, 0.2) is 0 Å². The molecule has 2 aliphatic heterocycles. The monoisotopic (exact) mass is 615 g/mol. The molecule has 1 aromatic heterocycles. The van der Waals surface area contributed by atoms with E-state index in [4.69, 9.17) is 0 Å². The van der Waals surface area contributed by atoms with Gasteiger partial charge in [-0.15, -0.1) is 0 Å². The van der Waals surface area contributed by atoms with Crippen LogP contribution in [0.4, 0.5) is 33.5 Å². The van der Waals surface area contributed by atoms with E-state index in [2.05, 4.69) is 15.2 Å². The predicted octanol–water partition coefficient (Wildman–Crippen LogP) is 5.25. The third-order valence-corrected chi connectivity index (χ3v) is 8.56. The Morgan fingerprint density at radius 1 is 1.05 bits per heavy atom. The van der Waals surface area contributed by atoms with E-state index in [0.29, 0.717) is 54.4 Å². The van der Waals surface area contributed by atoms with Crippen LogP contribution in [0, 0.1) is 12.7 Å². The lowest BCUT2D eigenvalue weighted by atomic mass is 9.81. The highest BCUT2D eigenvalue weighted by atomic mass is 19.4. The van der Waals surface area contributed by atoms with Crippen molar-refractivity contribution < 1.29 is 31.5 Å². The Bertz CT molecular complexity index is 1590. The maximum atomic E-state index is 14.1. The molecule has 0 radical (unpaired) electrons. The second kappa shape index (κ2) is 11.8. The first-order chi connectivity index (χ1) is 20.7. The third kappa shape index (κ3) is 5.99.